The highest BCUT2D eigenvalue weighted by Gasteiger charge is 2.57. The molecule has 1 aliphatic carbocycles. The molecule has 3 aliphatic rings. The first-order chi connectivity index (χ1) is 11.3. The Morgan fingerprint density at radius 2 is 1.52 bits per heavy atom. The highest BCUT2D eigenvalue weighted by Crippen LogP contribution is 2.71. The lowest BCUT2D eigenvalue weighted by atomic mass is 9.85. The van der Waals surface area contributed by atoms with E-state index in [0.29, 0.717) is 16.4 Å². The van der Waals surface area contributed by atoms with Crippen LogP contribution in [0.2, 0.25) is 0 Å². The van der Waals surface area contributed by atoms with E-state index in [1.807, 2.05) is 0 Å². The molecule has 0 nitrogen and oxygen atoms in total. The topological polar surface area (TPSA) is 0 Å². The average molecular weight is 335 g/mol. The van der Waals surface area contributed by atoms with E-state index in [1.165, 1.54) is 16.7 Å². The summed E-state index contributed by atoms with van der Waals surface area (Å²) in [5.74, 6) is 0.569. The zero-order valence-electron chi connectivity index (χ0n) is 13.0. The molecule has 2 heterocycles. The van der Waals surface area contributed by atoms with Crippen LogP contribution in [0.1, 0.15) is 18.1 Å². The summed E-state index contributed by atoms with van der Waals surface area (Å²) >= 11 is 4.33. The number of hydrogen-bond donors (Lipinski definition) is 0. The van der Waals surface area contributed by atoms with E-state index >= 15 is 0 Å². The van der Waals surface area contributed by atoms with Crippen LogP contribution >= 0.6 is 23.5 Å². The molecule has 2 aromatic rings. The lowest BCUT2D eigenvalue weighted by Gasteiger charge is -2.38. The Hall–Kier alpha value is -1.38. The fourth-order valence-corrected chi connectivity index (χ4v) is 8.39. The minimum atomic E-state index is 0.0863. The first kappa shape index (κ1) is 14.0. The van der Waals surface area contributed by atoms with Gasteiger partial charge in [-0.1, -0.05) is 72.8 Å². The Balaban J connectivity index is 1.76. The normalized spacial score (nSPS) is 34.2. The van der Waals surface area contributed by atoms with Crippen LogP contribution in [0.5, 0.6) is 0 Å². The van der Waals surface area contributed by atoms with E-state index in [2.05, 4.69) is 103 Å². The molecule has 23 heavy (non-hydrogen) atoms. The molecule has 1 fully saturated rings. The van der Waals surface area contributed by atoms with E-state index in [-0.39, 0.29) is 4.08 Å². The van der Waals surface area contributed by atoms with Crippen molar-refractivity contribution in [1.29, 1.82) is 0 Å². The molecule has 5 rings (SSSR count). The first-order valence-electron chi connectivity index (χ1n) is 8.16. The lowest BCUT2D eigenvalue weighted by molar-refractivity contribution is 0.804. The van der Waals surface area contributed by atoms with Gasteiger partial charge in [-0.3, -0.25) is 0 Å². The Kier molecular flexibility index (Phi) is 3.08. The van der Waals surface area contributed by atoms with Gasteiger partial charge in [-0.25, -0.2) is 0 Å². The highest BCUT2D eigenvalue weighted by molar-refractivity contribution is 8.21. The minimum Gasteiger partial charge on any atom is -0.129 e. The standard InChI is InChI=1S/C21H18S2/c1-14-19(15-8-4-2-5-9-15)17-12-13-18-20(17)23-21(14,22-18)16-10-6-3-7-11-16/h2-13,17-18,20H,1H3/t17-,18-,20+,21+/m1/s1. The molecule has 0 unspecified atom stereocenters. The number of benzene rings is 2. The molecule has 1 saturated heterocycles. The molecule has 4 atom stereocenters. The molecule has 0 N–H and O–H groups in total. The van der Waals surface area contributed by atoms with Gasteiger partial charge in [0.15, 0.2) is 0 Å². The van der Waals surface area contributed by atoms with Crippen LogP contribution in [-0.2, 0) is 4.08 Å². The fraction of sp³-hybridized carbons (Fsp3) is 0.238. The molecular weight excluding hydrogens is 316 g/mol. The lowest BCUT2D eigenvalue weighted by Crippen LogP contribution is -2.27. The van der Waals surface area contributed by atoms with Crippen LogP contribution in [0.3, 0.4) is 0 Å². The summed E-state index contributed by atoms with van der Waals surface area (Å²) in [5, 5.41) is 1.32. The van der Waals surface area contributed by atoms with Gasteiger partial charge < -0.3 is 0 Å². The second kappa shape index (κ2) is 5.06. The summed E-state index contributed by atoms with van der Waals surface area (Å²) < 4.78 is 0.0863. The summed E-state index contributed by atoms with van der Waals surface area (Å²) in [6, 6.07) is 22.1. The predicted octanol–water partition coefficient (Wildman–Crippen LogP) is 5.73. The van der Waals surface area contributed by atoms with Crippen molar-refractivity contribution < 1.29 is 0 Å². The molecular formula is C21H18S2. The average Bonchev–Trinajstić information content (AvgIpc) is 3.14. The van der Waals surface area contributed by atoms with Gasteiger partial charge in [0.05, 0.1) is 0 Å². The molecule has 2 bridgehead atoms. The van der Waals surface area contributed by atoms with E-state index in [1.54, 1.807) is 5.57 Å². The van der Waals surface area contributed by atoms with Gasteiger partial charge in [0.2, 0.25) is 0 Å². The van der Waals surface area contributed by atoms with Crippen molar-refractivity contribution in [3.63, 3.8) is 0 Å². The molecule has 2 heteroatoms. The summed E-state index contributed by atoms with van der Waals surface area (Å²) in [6.07, 6.45) is 4.91. The van der Waals surface area contributed by atoms with E-state index in [9.17, 15) is 0 Å². The van der Waals surface area contributed by atoms with Crippen molar-refractivity contribution in [3.8, 4) is 0 Å². The maximum absolute atomic E-state index is 2.45. The van der Waals surface area contributed by atoms with Gasteiger partial charge in [-0.2, -0.15) is 0 Å². The van der Waals surface area contributed by atoms with E-state index < -0.39 is 0 Å². The molecule has 0 radical (unpaired) electrons. The van der Waals surface area contributed by atoms with Crippen LogP contribution in [0, 0.1) is 5.92 Å². The van der Waals surface area contributed by atoms with Crippen LogP contribution in [0.15, 0.2) is 78.4 Å². The van der Waals surface area contributed by atoms with Crippen molar-refractivity contribution in [2.75, 3.05) is 0 Å². The van der Waals surface area contributed by atoms with Crippen LogP contribution in [0.4, 0.5) is 0 Å². The van der Waals surface area contributed by atoms with Gasteiger partial charge in [-0.15, -0.1) is 23.5 Å². The molecule has 0 amide bonds. The molecule has 0 aromatic heterocycles. The van der Waals surface area contributed by atoms with Crippen molar-refractivity contribution in [2.24, 2.45) is 5.92 Å². The van der Waals surface area contributed by atoms with Crippen LogP contribution in [0.25, 0.3) is 5.57 Å². The number of thioether (sulfide) groups is 2. The van der Waals surface area contributed by atoms with Crippen molar-refractivity contribution in [3.05, 3.63) is 89.5 Å². The number of rotatable bonds is 2. The third-order valence-electron chi connectivity index (χ3n) is 5.26. The Morgan fingerprint density at radius 1 is 0.826 bits per heavy atom. The minimum absolute atomic E-state index is 0.0863. The molecule has 0 saturated carbocycles. The first-order valence-corrected chi connectivity index (χ1v) is 9.92. The zero-order valence-corrected chi connectivity index (χ0v) is 14.6. The highest BCUT2D eigenvalue weighted by atomic mass is 32.2. The Morgan fingerprint density at radius 3 is 2.26 bits per heavy atom. The third kappa shape index (κ3) is 1.88. The smallest absolute Gasteiger partial charge is 0.108 e. The summed E-state index contributed by atoms with van der Waals surface area (Å²) in [6.45, 7) is 2.36. The predicted molar refractivity (Wildman–Crippen MR) is 103 cm³/mol. The second-order valence-corrected chi connectivity index (χ2v) is 9.51. The monoisotopic (exact) mass is 334 g/mol. The molecule has 2 aliphatic heterocycles. The second-order valence-electron chi connectivity index (χ2n) is 6.46. The van der Waals surface area contributed by atoms with E-state index in [4.69, 9.17) is 0 Å². The van der Waals surface area contributed by atoms with E-state index in [0.717, 1.165) is 0 Å². The zero-order chi connectivity index (χ0) is 15.4. The fourth-order valence-electron chi connectivity index (χ4n) is 4.21. The number of hydrogen-bond acceptors (Lipinski definition) is 2. The summed E-state index contributed by atoms with van der Waals surface area (Å²) in [7, 11) is 0. The molecule has 2 aromatic carbocycles. The Bertz CT molecular complexity index is 806. The van der Waals surface area contributed by atoms with Gasteiger partial charge in [-0.05, 0) is 29.2 Å². The van der Waals surface area contributed by atoms with Crippen molar-refractivity contribution >= 4 is 29.1 Å². The number of allylic oxidation sites excluding steroid dienone is 2. The molecule has 0 spiro atoms. The number of fused-ring (bicyclic) bond motifs is 1. The quantitative estimate of drug-likeness (QED) is 0.643. The van der Waals surface area contributed by atoms with Gasteiger partial charge >= 0.3 is 0 Å². The van der Waals surface area contributed by atoms with Gasteiger partial charge in [0.25, 0.3) is 0 Å². The van der Waals surface area contributed by atoms with Gasteiger partial charge in [0, 0.05) is 16.4 Å². The largest absolute Gasteiger partial charge is 0.129 e. The van der Waals surface area contributed by atoms with Gasteiger partial charge in [0.1, 0.15) is 4.08 Å². The van der Waals surface area contributed by atoms with Crippen LogP contribution in [-0.4, -0.2) is 10.5 Å². The molecule has 114 valence electrons. The maximum Gasteiger partial charge on any atom is 0.108 e. The summed E-state index contributed by atoms with van der Waals surface area (Å²) in [5.41, 5.74) is 5.94. The van der Waals surface area contributed by atoms with Crippen LogP contribution < -0.4 is 0 Å². The Labute approximate surface area is 146 Å². The van der Waals surface area contributed by atoms with Crippen molar-refractivity contribution in [2.45, 2.75) is 21.5 Å². The third-order valence-corrected chi connectivity index (χ3v) is 9.34. The summed E-state index contributed by atoms with van der Waals surface area (Å²) in [4.78, 5) is 0. The maximum atomic E-state index is 2.45. The van der Waals surface area contributed by atoms with Crippen molar-refractivity contribution in [1.82, 2.24) is 0 Å². The SMILES string of the molecule is CC1=C(c2ccccc2)[C@H]2C=C[C@H]3S[C@]1(c1ccccc1)S[C@@H]23.